The number of hydrogen-bond donors (Lipinski definition) is 2. The molecular weight excluding hydrogens is 492 g/mol. The summed E-state index contributed by atoms with van der Waals surface area (Å²) in [6, 6.07) is 9.94. The van der Waals surface area contributed by atoms with Crippen molar-refractivity contribution in [2.24, 2.45) is 4.99 Å². The van der Waals surface area contributed by atoms with Crippen molar-refractivity contribution in [3.05, 3.63) is 65.9 Å². The molecule has 0 spiro atoms. The molecule has 2 N–H and O–H groups in total. The summed E-state index contributed by atoms with van der Waals surface area (Å²) in [5.41, 5.74) is -3.68. The molecule has 1 unspecified atom stereocenters. The number of aromatic nitrogens is 1. The molecule has 1 heterocycles. The summed E-state index contributed by atoms with van der Waals surface area (Å²) in [5.74, 6) is 0. The molecule has 0 aliphatic heterocycles. The van der Waals surface area contributed by atoms with Crippen molar-refractivity contribution in [1.82, 2.24) is 4.98 Å². The van der Waals surface area contributed by atoms with Gasteiger partial charge in [0.15, 0.2) is 11.1 Å². The van der Waals surface area contributed by atoms with Crippen LogP contribution >= 0.6 is 11.3 Å². The zero-order valence-electron chi connectivity index (χ0n) is 16.2. The number of benzene rings is 2. The highest BCUT2D eigenvalue weighted by molar-refractivity contribution is 7.79. The van der Waals surface area contributed by atoms with E-state index in [4.69, 9.17) is 5.41 Å². The predicted molar refractivity (Wildman–Crippen MR) is 113 cm³/mol. The van der Waals surface area contributed by atoms with Crippen LogP contribution in [0, 0.1) is 5.41 Å². The lowest BCUT2D eigenvalue weighted by Crippen LogP contribution is -2.26. The van der Waals surface area contributed by atoms with E-state index in [0.717, 1.165) is 29.5 Å². The molecular formula is C20H13F6N3O2S2. The zero-order chi connectivity index (χ0) is 24.4. The van der Waals surface area contributed by atoms with E-state index in [2.05, 4.69) is 9.98 Å². The fraction of sp³-hybridized carbons (Fsp3) is 0.150. The lowest BCUT2D eigenvalue weighted by Gasteiger charge is -2.15. The molecule has 0 radical (unpaired) electrons. The van der Waals surface area contributed by atoms with E-state index in [0.29, 0.717) is 10.4 Å². The Kier molecular flexibility index (Phi) is 7.14. The quantitative estimate of drug-likeness (QED) is 0.228. The minimum absolute atomic E-state index is 0.101. The summed E-state index contributed by atoms with van der Waals surface area (Å²) in [4.78, 5) is 8.42. The molecule has 2 aromatic carbocycles. The number of halogens is 6. The Balaban J connectivity index is 2.08. The number of hydrogen-bond acceptors (Lipinski definition) is 5. The second kappa shape index (κ2) is 9.53. The maximum atomic E-state index is 13.5. The lowest BCUT2D eigenvalue weighted by atomic mass is 9.98. The Morgan fingerprint density at radius 1 is 1.09 bits per heavy atom. The van der Waals surface area contributed by atoms with E-state index in [1.165, 1.54) is 30.5 Å². The van der Waals surface area contributed by atoms with E-state index < -0.39 is 52.4 Å². The molecule has 0 aliphatic rings. The highest BCUT2D eigenvalue weighted by Gasteiger charge is 2.38. The maximum absolute atomic E-state index is 13.5. The van der Waals surface area contributed by atoms with E-state index in [-0.39, 0.29) is 10.0 Å². The van der Waals surface area contributed by atoms with Gasteiger partial charge in [0.1, 0.15) is 5.71 Å². The molecule has 0 fully saturated rings. The van der Waals surface area contributed by atoms with Crippen LogP contribution < -0.4 is 0 Å². The largest absolute Gasteiger partial charge is 0.429 e. The van der Waals surface area contributed by atoms with Crippen LogP contribution in [0.15, 0.2) is 64.6 Å². The molecule has 0 aliphatic carbocycles. The molecule has 3 rings (SSSR count). The zero-order valence-corrected chi connectivity index (χ0v) is 17.9. The third-order valence-electron chi connectivity index (χ3n) is 4.27. The van der Waals surface area contributed by atoms with E-state index in [1.807, 2.05) is 0 Å². The molecule has 3 aromatic rings. The van der Waals surface area contributed by atoms with Crippen LogP contribution in [0.4, 0.5) is 31.5 Å². The van der Waals surface area contributed by atoms with Crippen molar-refractivity contribution in [3.8, 4) is 10.4 Å². The van der Waals surface area contributed by atoms with Gasteiger partial charge in [-0.25, -0.2) is 14.2 Å². The van der Waals surface area contributed by atoms with Crippen LogP contribution in [0.2, 0.25) is 0 Å². The maximum Gasteiger partial charge on any atom is 0.429 e. The molecule has 33 heavy (non-hydrogen) atoms. The molecule has 0 bridgehead atoms. The van der Waals surface area contributed by atoms with Gasteiger partial charge in [-0.3, -0.25) is 0 Å². The SMILES string of the molecule is N=C(CC(=Nc1ncc(-c2cccc(S(=O)O)c2)s1)c1ccccc1C(F)(F)F)C(F)(F)F. The standard InChI is InChI=1S/C20H13F6N3O2S2/c21-19(22,23)14-7-2-1-6-13(14)15(9-17(27)20(24,25)26)29-18-28-10-16(32-18)11-4-3-5-12(8-11)33(30)31/h1-8,10,27H,9H2,(H,30,31). The minimum atomic E-state index is -5.04. The van der Waals surface area contributed by atoms with Crippen molar-refractivity contribution in [2.75, 3.05) is 0 Å². The normalized spacial score (nSPS) is 13.7. The van der Waals surface area contributed by atoms with Crippen molar-refractivity contribution in [2.45, 2.75) is 23.7 Å². The van der Waals surface area contributed by atoms with Crippen LogP contribution in [0.3, 0.4) is 0 Å². The second-order valence-electron chi connectivity index (χ2n) is 6.54. The monoisotopic (exact) mass is 505 g/mol. The van der Waals surface area contributed by atoms with Gasteiger partial charge in [0.05, 0.1) is 21.0 Å². The van der Waals surface area contributed by atoms with Gasteiger partial charge in [-0.05, 0) is 23.8 Å². The Labute approximate surface area is 189 Å². The first kappa shape index (κ1) is 24.7. The number of aliphatic imine (C=N–C) groups is 1. The van der Waals surface area contributed by atoms with Gasteiger partial charge in [-0.1, -0.05) is 41.7 Å². The molecule has 0 saturated carbocycles. The summed E-state index contributed by atoms with van der Waals surface area (Å²) >= 11 is -1.38. The fourth-order valence-electron chi connectivity index (χ4n) is 2.77. The fourth-order valence-corrected chi connectivity index (χ4v) is 4.00. The Bertz CT molecular complexity index is 1230. The summed E-state index contributed by atoms with van der Waals surface area (Å²) in [5, 5.41) is 7.12. The summed E-state index contributed by atoms with van der Waals surface area (Å²) in [6.07, 6.45) is -9.79. The molecule has 0 saturated heterocycles. The number of thiazole rings is 1. The molecule has 13 heteroatoms. The van der Waals surface area contributed by atoms with Crippen LogP contribution in [-0.4, -0.2) is 31.3 Å². The van der Waals surface area contributed by atoms with Crippen molar-refractivity contribution in [3.63, 3.8) is 0 Å². The van der Waals surface area contributed by atoms with Gasteiger partial charge >= 0.3 is 12.4 Å². The predicted octanol–water partition coefficient (Wildman–Crippen LogP) is 6.50. The van der Waals surface area contributed by atoms with Gasteiger partial charge in [0.2, 0.25) is 5.13 Å². The van der Waals surface area contributed by atoms with Gasteiger partial charge in [0.25, 0.3) is 0 Å². The second-order valence-corrected chi connectivity index (χ2v) is 8.52. The Morgan fingerprint density at radius 2 is 1.79 bits per heavy atom. The third-order valence-corrected chi connectivity index (χ3v) is 5.87. The number of nitrogens with one attached hydrogen (secondary N) is 1. The molecule has 1 atom stereocenters. The van der Waals surface area contributed by atoms with Crippen LogP contribution in [-0.2, 0) is 17.3 Å². The molecule has 174 valence electrons. The van der Waals surface area contributed by atoms with Gasteiger partial charge in [0, 0.05) is 18.2 Å². The lowest BCUT2D eigenvalue weighted by molar-refractivity contribution is -0.137. The molecule has 0 amide bonds. The Morgan fingerprint density at radius 3 is 2.42 bits per heavy atom. The van der Waals surface area contributed by atoms with Gasteiger partial charge < -0.3 is 9.96 Å². The van der Waals surface area contributed by atoms with Crippen LogP contribution in [0.25, 0.3) is 10.4 Å². The third kappa shape index (κ3) is 6.12. The highest BCUT2D eigenvalue weighted by atomic mass is 32.2. The van der Waals surface area contributed by atoms with Crippen molar-refractivity contribution < 1.29 is 35.1 Å². The van der Waals surface area contributed by atoms with Gasteiger partial charge in [-0.15, -0.1) is 0 Å². The highest BCUT2D eigenvalue weighted by Crippen LogP contribution is 2.36. The first-order chi connectivity index (χ1) is 15.4. The van der Waals surface area contributed by atoms with Crippen LogP contribution in [0.5, 0.6) is 0 Å². The summed E-state index contributed by atoms with van der Waals surface area (Å²) in [6.45, 7) is 0. The van der Waals surface area contributed by atoms with E-state index in [1.54, 1.807) is 6.07 Å². The summed E-state index contributed by atoms with van der Waals surface area (Å²) in [7, 11) is 0. The van der Waals surface area contributed by atoms with Crippen LogP contribution in [0.1, 0.15) is 17.5 Å². The average molecular weight is 505 g/mol. The molecule has 5 nitrogen and oxygen atoms in total. The van der Waals surface area contributed by atoms with E-state index in [9.17, 15) is 35.1 Å². The number of nitrogens with zero attached hydrogens (tertiary/aromatic N) is 2. The average Bonchev–Trinajstić information content (AvgIpc) is 3.20. The van der Waals surface area contributed by atoms with Crippen molar-refractivity contribution >= 4 is 39.0 Å². The van der Waals surface area contributed by atoms with E-state index >= 15 is 0 Å². The summed E-state index contributed by atoms with van der Waals surface area (Å²) < 4.78 is 99.8. The van der Waals surface area contributed by atoms with Gasteiger partial charge in [-0.2, -0.15) is 26.3 Å². The first-order valence-corrected chi connectivity index (χ1v) is 10.8. The first-order valence-electron chi connectivity index (χ1n) is 8.92. The molecule has 1 aromatic heterocycles. The number of alkyl halides is 6. The number of rotatable bonds is 6. The minimum Gasteiger partial charge on any atom is -0.302 e. The topological polar surface area (TPSA) is 86.4 Å². The Hall–Kier alpha value is -2.90. The smallest absolute Gasteiger partial charge is 0.302 e. The van der Waals surface area contributed by atoms with Crippen molar-refractivity contribution in [1.29, 1.82) is 5.41 Å².